The minimum Gasteiger partial charge on any atom is -0.299 e. The van der Waals surface area contributed by atoms with E-state index in [0.29, 0.717) is 17.9 Å². The Hall–Kier alpha value is 0.01000. The Morgan fingerprint density at radius 3 is 2.87 bits per heavy atom. The molecule has 0 aliphatic carbocycles. The molecule has 0 N–H and O–H groups in total. The predicted molar refractivity (Wildman–Crippen MR) is 70.9 cm³/mol. The number of Topliss-reactive ketones (excluding diaryl/α,β-unsaturated/α-hetero) is 1. The van der Waals surface area contributed by atoms with Crippen LogP contribution in [0.5, 0.6) is 0 Å². The molecule has 0 aliphatic heterocycles. The Morgan fingerprint density at radius 1 is 1.53 bits per heavy atom. The number of thioether (sulfide) groups is 1. The lowest BCUT2D eigenvalue weighted by molar-refractivity contribution is -0.118. The summed E-state index contributed by atoms with van der Waals surface area (Å²) < 4.78 is 0.938. The van der Waals surface area contributed by atoms with Crippen molar-refractivity contribution >= 4 is 45.1 Å². The smallest absolute Gasteiger partial charge is 0.138 e. The van der Waals surface area contributed by atoms with E-state index in [4.69, 9.17) is 11.6 Å². The summed E-state index contributed by atoms with van der Waals surface area (Å²) >= 11 is 11.0. The Balaban J connectivity index is 2.60. The maximum atomic E-state index is 11.5. The van der Waals surface area contributed by atoms with Crippen molar-refractivity contribution in [3.63, 3.8) is 0 Å². The summed E-state index contributed by atoms with van der Waals surface area (Å²) in [5, 5.41) is 0.655. The molecule has 0 radical (unpaired) electrons. The van der Waals surface area contributed by atoms with Crippen LogP contribution >= 0.6 is 39.3 Å². The van der Waals surface area contributed by atoms with Crippen LogP contribution in [-0.4, -0.2) is 17.8 Å². The lowest BCUT2D eigenvalue weighted by Crippen LogP contribution is -2.04. The highest BCUT2D eigenvalue weighted by Crippen LogP contribution is 2.22. The first kappa shape index (κ1) is 13.1. The molecule has 0 amide bonds. The molecule has 0 bridgehead atoms. The van der Waals surface area contributed by atoms with Gasteiger partial charge in [-0.2, -0.15) is 11.8 Å². The van der Waals surface area contributed by atoms with Gasteiger partial charge in [-0.05, 0) is 29.7 Å². The monoisotopic (exact) mass is 306 g/mol. The van der Waals surface area contributed by atoms with Gasteiger partial charge in [-0.15, -0.1) is 0 Å². The molecule has 0 aliphatic rings. The first-order valence-corrected chi connectivity index (χ1v) is 7.14. The molecule has 0 heterocycles. The summed E-state index contributed by atoms with van der Waals surface area (Å²) in [5.41, 5.74) is 0.908. The standard InChI is InChI=1S/C11H12BrClOS/c1-15-5-4-10(14)6-8-2-3-9(12)7-11(8)13/h2-3,7H,4-6H2,1H3. The second-order valence-corrected chi connectivity index (χ2v) is 5.50. The van der Waals surface area contributed by atoms with Crippen LogP contribution in [0.1, 0.15) is 12.0 Å². The fourth-order valence-electron chi connectivity index (χ4n) is 1.18. The zero-order valence-corrected chi connectivity index (χ0v) is 11.6. The van der Waals surface area contributed by atoms with Crippen molar-refractivity contribution in [1.29, 1.82) is 0 Å². The van der Waals surface area contributed by atoms with Crippen molar-refractivity contribution in [3.8, 4) is 0 Å². The van der Waals surface area contributed by atoms with Crippen LogP contribution in [0.4, 0.5) is 0 Å². The van der Waals surface area contributed by atoms with Crippen molar-refractivity contribution in [2.75, 3.05) is 12.0 Å². The molecule has 0 saturated heterocycles. The second-order valence-electron chi connectivity index (χ2n) is 3.19. The number of hydrogen-bond donors (Lipinski definition) is 0. The third-order valence-corrected chi connectivity index (χ3v) is 3.45. The molecule has 0 saturated carbocycles. The minimum absolute atomic E-state index is 0.244. The summed E-state index contributed by atoms with van der Waals surface area (Å²) in [5.74, 6) is 1.13. The fraction of sp³-hybridized carbons (Fsp3) is 0.364. The van der Waals surface area contributed by atoms with Crippen LogP contribution in [0, 0.1) is 0 Å². The zero-order chi connectivity index (χ0) is 11.3. The molecule has 1 rings (SSSR count). The normalized spacial score (nSPS) is 10.3. The molecule has 0 spiro atoms. The van der Waals surface area contributed by atoms with Crippen molar-refractivity contribution in [2.24, 2.45) is 0 Å². The molecule has 0 fully saturated rings. The molecule has 1 aromatic rings. The number of ketones is 1. The van der Waals surface area contributed by atoms with Gasteiger partial charge in [0.2, 0.25) is 0 Å². The average Bonchev–Trinajstić information content (AvgIpc) is 2.19. The van der Waals surface area contributed by atoms with E-state index < -0.39 is 0 Å². The summed E-state index contributed by atoms with van der Waals surface area (Å²) in [4.78, 5) is 11.5. The molecule has 4 heteroatoms. The summed E-state index contributed by atoms with van der Waals surface area (Å²) in [6.07, 6.45) is 3.06. The lowest BCUT2D eigenvalue weighted by Gasteiger charge is -2.03. The van der Waals surface area contributed by atoms with Crippen LogP contribution < -0.4 is 0 Å². The van der Waals surface area contributed by atoms with Gasteiger partial charge >= 0.3 is 0 Å². The summed E-state index contributed by atoms with van der Waals surface area (Å²) in [7, 11) is 0. The number of carbonyl (C=O) groups is 1. The van der Waals surface area contributed by atoms with E-state index >= 15 is 0 Å². The molecular formula is C11H12BrClOS. The van der Waals surface area contributed by atoms with E-state index in [1.807, 2.05) is 24.5 Å². The number of halogens is 2. The Kier molecular flexibility index (Phi) is 5.72. The number of benzene rings is 1. The first-order valence-electron chi connectivity index (χ1n) is 4.58. The SMILES string of the molecule is CSCCC(=O)Cc1ccc(Br)cc1Cl. The number of hydrogen-bond acceptors (Lipinski definition) is 2. The minimum atomic E-state index is 0.244. The highest BCUT2D eigenvalue weighted by Gasteiger charge is 2.07. The van der Waals surface area contributed by atoms with Gasteiger partial charge in [0.1, 0.15) is 5.78 Å². The fourth-order valence-corrected chi connectivity index (χ4v) is 2.35. The van der Waals surface area contributed by atoms with Crippen molar-refractivity contribution in [1.82, 2.24) is 0 Å². The molecule has 0 aromatic heterocycles. The van der Waals surface area contributed by atoms with Gasteiger partial charge in [0, 0.05) is 22.3 Å². The lowest BCUT2D eigenvalue weighted by atomic mass is 10.1. The van der Waals surface area contributed by atoms with E-state index in [1.165, 1.54) is 0 Å². The van der Waals surface area contributed by atoms with Crippen molar-refractivity contribution in [2.45, 2.75) is 12.8 Å². The number of carbonyl (C=O) groups excluding carboxylic acids is 1. The average molecular weight is 308 g/mol. The van der Waals surface area contributed by atoms with Crippen LogP contribution in [0.25, 0.3) is 0 Å². The predicted octanol–water partition coefficient (Wildman–Crippen LogP) is 3.97. The van der Waals surface area contributed by atoms with E-state index in [2.05, 4.69) is 15.9 Å². The van der Waals surface area contributed by atoms with Crippen molar-refractivity contribution < 1.29 is 4.79 Å². The molecule has 1 nitrogen and oxygen atoms in total. The van der Waals surface area contributed by atoms with Gasteiger partial charge in [-0.3, -0.25) is 4.79 Å². The van der Waals surface area contributed by atoms with Gasteiger partial charge in [-0.1, -0.05) is 33.6 Å². The topological polar surface area (TPSA) is 17.1 Å². The Labute approximate surface area is 108 Å². The van der Waals surface area contributed by atoms with E-state index in [9.17, 15) is 4.79 Å². The van der Waals surface area contributed by atoms with E-state index in [-0.39, 0.29) is 5.78 Å². The van der Waals surface area contributed by atoms with Crippen LogP contribution in [-0.2, 0) is 11.2 Å². The second kappa shape index (κ2) is 6.56. The third kappa shape index (κ3) is 4.58. The van der Waals surface area contributed by atoms with E-state index in [0.717, 1.165) is 15.8 Å². The first-order chi connectivity index (χ1) is 7.13. The van der Waals surface area contributed by atoms with Crippen LogP contribution in [0.15, 0.2) is 22.7 Å². The molecule has 15 heavy (non-hydrogen) atoms. The molecule has 0 unspecified atom stereocenters. The van der Waals surface area contributed by atoms with Gasteiger partial charge < -0.3 is 0 Å². The maximum Gasteiger partial charge on any atom is 0.138 e. The Bertz CT molecular complexity index is 354. The molecular weight excluding hydrogens is 296 g/mol. The number of rotatable bonds is 5. The maximum absolute atomic E-state index is 11.5. The quantitative estimate of drug-likeness (QED) is 0.819. The molecule has 82 valence electrons. The molecule has 1 aromatic carbocycles. The molecule has 0 atom stereocenters. The van der Waals surface area contributed by atoms with Crippen molar-refractivity contribution in [3.05, 3.63) is 33.3 Å². The van der Waals surface area contributed by atoms with Crippen LogP contribution in [0.2, 0.25) is 5.02 Å². The highest BCUT2D eigenvalue weighted by atomic mass is 79.9. The highest BCUT2D eigenvalue weighted by molar-refractivity contribution is 9.10. The summed E-state index contributed by atoms with van der Waals surface area (Å²) in [6, 6.07) is 5.62. The summed E-state index contributed by atoms with van der Waals surface area (Å²) in [6.45, 7) is 0. The van der Waals surface area contributed by atoms with Crippen LogP contribution in [0.3, 0.4) is 0 Å². The Morgan fingerprint density at radius 2 is 2.27 bits per heavy atom. The third-order valence-electron chi connectivity index (χ3n) is 1.99. The van der Waals surface area contributed by atoms with E-state index in [1.54, 1.807) is 11.8 Å². The van der Waals surface area contributed by atoms with Gasteiger partial charge in [0.15, 0.2) is 0 Å². The van der Waals surface area contributed by atoms with Gasteiger partial charge in [0.25, 0.3) is 0 Å². The zero-order valence-electron chi connectivity index (χ0n) is 8.43. The van der Waals surface area contributed by atoms with Gasteiger partial charge in [-0.25, -0.2) is 0 Å². The largest absolute Gasteiger partial charge is 0.299 e. The van der Waals surface area contributed by atoms with Gasteiger partial charge in [0.05, 0.1) is 0 Å².